The van der Waals surface area contributed by atoms with Crippen molar-refractivity contribution in [2.75, 3.05) is 54.5 Å². The molecule has 1 atom stereocenters. The highest BCUT2D eigenvalue weighted by atomic mass is 19.4. The SMILES string of the molecule is C[C@H]1CN(C2COC2)CCN1c1ccc(Nc2cc(-c3ccnc(N4CCn5c6c(c(C(F)(F)F)c5C4=O)CC(C)(C)C6)c3CO)cn(C)c2=O)nc1. The van der Waals surface area contributed by atoms with Gasteiger partial charge in [-0.25, -0.2) is 9.97 Å². The number of carbonyl (C=O) groups is 1. The number of aromatic nitrogens is 4. The molecule has 1 aliphatic carbocycles. The lowest BCUT2D eigenvalue weighted by molar-refractivity contribution is -0.138. The van der Waals surface area contributed by atoms with Crippen molar-refractivity contribution in [1.82, 2.24) is 24.0 Å². The summed E-state index contributed by atoms with van der Waals surface area (Å²) in [6.07, 6.45) is 0.819. The summed E-state index contributed by atoms with van der Waals surface area (Å²) in [4.78, 5) is 42.4. The molecule has 0 aromatic carbocycles. The van der Waals surface area contributed by atoms with Crippen molar-refractivity contribution in [2.45, 2.75) is 65.0 Å². The van der Waals surface area contributed by atoms with Gasteiger partial charge in [-0.15, -0.1) is 0 Å². The number of ether oxygens (including phenoxy) is 1. The molecule has 4 aromatic heterocycles. The van der Waals surface area contributed by atoms with Crippen molar-refractivity contribution in [3.63, 3.8) is 0 Å². The molecule has 15 heteroatoms. The van der Waals surface area contributed by atoms with Gasteiger partial charge in [0, 0.05) is 75.0 Å². The smallest absolute Gasteiger partial charge is 0.392 e. The Morgan fingerprint density at radius 3 is 2.51 bits per heavy atom. The van der Waals surface area contributed by atoms with Crippen LogP contribution in [0.3, 0.4) is 0 Å². The number of piperazine rings is 1. The third-order valence-electron chi connectivity index (χ3n) is 11.1. The van der Waals surface area contributed by atoms with E-state index in [2.05, 4.69) is 32.0 Å². The molecular formula is C38H43F3N8O4. The maximum Gasteiger partial charge on any atom is 0.418 e. The number of aryl methyl sites for hydroxylation is 1. The van der Waals surface area contributed by atoms with E-state index in [1.807, 2.05) is 26.0 Å². The van der Waals surface area contributed by atoms with Crippen LogP contribution in [0.5, 0.6) is 0 Å². The lowest BCUT2D eigenvalue weighted by atomic mass is 9.89. The quantitative estimate of drug-likeness (QED) is 0.281. The highest BCUT2D eigenvalue weighted by Gasteiger charge is 2.49. The highest BCUT2D eigenvalue weighted by molar-refractivity contribution is 6.07. The second-order valence-corrected chi connectivity index (χ2v) is 15.4. The maximum absolute atomic E-state index is 14.6. The Morgan fingerprint density at radius 2 is 1.85 bits per heavy atom. The number of hydrogen-bond donors (Lipinski definition) is 2. The molecule has 53 heavy (non-hydrogen) atoms. The highest BCUT2D eigenvalue weighted by Crippen LogP contribution is 2.48. The minimum absolute atomic E-state index is 0.0766. The first kappa shape index (κ1) is 35.3. The molecule has 0 radical (unpaired) electrons. The number of aliphatic hydroxyl groups is 1. The zero-order valence-corrected chi connectivity index (χ0v) is 30.2. The zero-order chi connectivity index (χ0) is 37.4. The molecule has 2 saturated heterocycles. The van der Waals surface area contributed by atoms with E-state index in [1.54, 1.807) is 31.6 Å². The third-order valence-corrected chi connectivity index (χ3v) is 11.1. The fourth-order valence-electron chi connectivity index (χ4n) is 8.50. The molecule has 1 amide bonds. The van der Waals surface area contributed by atoms with Crippen LogP contribution >= 0.6 is 0 Å². The molecule has 8 rings (SSSR count). The Kier molecular flexibility index (Phi) is 8.65. The Morgan fingerprint density at radius 1 is 1.06 bits per heavy atom. The average Bonchev–Trinajstić information content (AvgIpc) is 3.56. The number of fused-ring (bicyclic) bond motifs is 3. The van der Waals surface area contributed by atoms with E-state index < -0.39 is 24.3 Å². The van der Waals surface area contributed by atoms with E-state index in [9.17, 15) is 27.9 Å². The summed E-state index contributed by atoms with van der Waals surface area (Å²) < 4.78 is 52.1. The van der Waals surface area contributed by atoms with Crippen molar-refractivity contribution in [1.29, 1.82) is 0 Å². The predicted octanol–water partition coefficient (Wildman–Crippen LogP) is 4.59. The van der Waals surface area contributed by atoms with Gasteiger partial charge in [0.15, 0.2) is 0 Å². The molecule has 0 bridgehead atoms. The van der Waals surface area contributed by atoms with E-state index in [0.717, 1.165) is 38.5 Å². The summed E-state index contributed by atoms with van der Waals surface area (Å²) in [5.41, 5.74) is 1.35. The number of carbonyl (C=O) groups excluding carboxylic acids is 1. The van der Waals surface area contributed by atoms with Crippen molar-refractivity contribution < 1.29 is 27.8 Å². The number of anilines is 4. The molecule has 4 aliphatic rings. The summed E-state index contributed by atoms with van der Waals surface area (Å²) in [7, 11) is 1.60. The number of alkyl halides is 3. The predicted molar refractivity (Wildman–Crippen MR) is 194 cm³/mol. The van der Waals surface area contributed by atoms with Gasteiger partial charge in [-0.3, -0.25) is 19.4 Å². The number of pyridine rings is 3. The van der Waals surface area contributed by atoms with Crippen LogP contribution in [0.15, 0.2) is 47.7 Å². The average molecular weight is 733 g/mol. The molecular weight excluding hydrogens is 689 g/mol. The standard InChI is InChI=1S/C38H43F3N8O4/c1-22-17-46(25-20-53-21-25)9-10-47(22)24-5-6-31(43-16-24)44-29-13-23(18-45(4)35(29)51)26-7-8-42-34(28(26)19-50)49-12-11-48-30-15-37(2,3)14-27(30)32(38(39,40)41)33(48)36(49)52/h5-8,13,16,18,22,25,50H,9-12,14-15,17,19-21H2,1-4H3,(H,43,44)/t22-/m0/s1. The first-order chi connectivity index (χ1) is 25.2. The van der Waals surface area contributed by atoms with E-state index in [4.69, 9.17) is 4.74 Å². The van der Waals surface area contributed by atoms with Gasteiger partial charge in [0.25, 0.3) is 11.5 Å². The number of nitrogens with zero attached hydrogens (tertiary/aromatic N) is 7. The van der Waals surface area contributed by atoms with Gasteiger partial charge in [0.1, 0.15) is 23.0 Å². The van der Waals surface area contributed by atoms with Gasteiger partial charge < -0.3 is 29.2 Å². The first-order valence-electron chi connectivity index (χ1n) is 18.0. The van der Waals surface area contributed by atoms with Crippen molar-refractivity contribution in [3.05, 3.63) is 81.3 Å². The van der Waals surface area contributed by atoms with Gasteiger partial charge in [0.05, 0.1) is 43.3 Å². The van der Waals surface area contributed by atoms with Crippen LogP contribution in [0.4, 0.5) is 36.2 Å². The maximum atomic E-state index is 14.6. The molecule has 0 saturated carbocycles. The minimum Gasteiger partial charge on any atom is -0.392 e. The molecule has 2 fully saturated rings. The van der Waals surface area contributed by atoms with E-state index >= 15 is 0 Å². The minimum atomic E-state index is -4.72. The van der Waals surface area contributed by atoms with Crippen LogP contribution in [-0.2, 0) is 44.0 Å². The third kappa shape index (κ3) is 6.17. The summed E-state index contributed by atoms with van der Waals surface area (Å²) in [6.45, 7) is 10.1. The summed E-state index contributed by atoms with van der Waals surface area (Å²) >= 11 is 0. The van der Waals surface area contributed by atoms with Crippen LogP contribution in [0, 0.1) is 5.41 Å². The number of rotatable bonds is 7. The normalized spacial score (nSPS) is 20.4. The monoisotopic (exact) mass is 732 g/mol. The Balaban J connectivity index is 1.07. The molecule has 2 N–H and O–H groups in total. The van der Waals surface area contributed by atoms with E-state index in [0.29, 0.717) is 41.1 Å². The fourth-order valence-corrected chi connectivity index (χ4v) is 8.50. The van der Waals surface area contributed by atoms with E-state index in [1.165, 1.54) is 20.2 Å². The first-order valence-corrected chi connectivity index (χ1v) is 18.0. The summed E-state index contributed by atoms with van der Waals surface area (Å²) in [6, 6.07) is 7.89. The molecule has 3 aliphatic heterocycles. The molecule has 0 unspecified atom stereocenters. The van der Waals surface area contributed by atoms with Crippen LogP contribution in [0.1, 0.15) is 53.6 Å². The van der Waals surface area contributed by atoms with Crippen molar-refractivity contribution in [2.24, 2.45) is 12.5 Å². The largest absolute Gasteiger partial charge is 0.418 e. The number of hydrogen-bond acceptors (Lipinski definition) is 9. The molecule has 12 nitrogen and oxygen atoms in total. The zero-order valence-electron chi connectivity index (χ0n) is 30.2. The fraction of sp³-hybridized carbons (Fsp3) is 0.474. The Hall–Kier alpha value is -4.73. The Labute approximate surface area is 304 Å². The number of amides is 1. The lowest BCUT2D eigenvalue weighted by Crippen LogP contribution is -2.59. The number of halogens is 3. The van der Waals surface area contributed by atoms with Gasteiger partial charge in [-0.05, 0) is 60.6 Å². The number of nitrogens with one attached hydrogen (secondary N) is 1. The second kappa shape index (κ2) is 13.0. The second-order valence-electron chi connectivity index (χ2n) is 15.4. The van der Waals surface area contributed by atoms with Gasteiger partial charge in [-0.2, -0.15) is 13.2 Å². The van der Waals surface area contributed by atoms with Crippen molar-refractivity contribution >= 4 is 28.9 Å². The van der Waals surface area contributed by atoms with Gasteiger partial charge in [0.2, 0.25) is 0 Å². The molecule has 280 valence electrons. The van der Waals surface area contributed by atoms with Gasteiger partial charge >= 0.3 is 6.18 Å². The van der Waals surface area contributed by atoms with Gasteiger partial charge in [-0.1, -0.05) is 13.8 Å². The lowest BCUT2D eigenvalue weighted by Gasteiger charge is -2.46. The van der Waals surface area contributed by atoms with Crippen LogP contribution < -0.4 is 20.7 Å². The Bertz CT molecular complexity index is 2140. The molecule has 7 heterocycles. The van der Waals surface area contributed by atoms with Crippen molar-refractivity contribution in [3.8, 4) is 11.1 Å². The summed E-state index contributed by atoms with van der Waals surface area (Å²) in [5, 5.41) is 13.8. The molecule has 4 aromatic rings. The van der Waals surface area contributed by atoms with Crippen LogP contribution in [-0.4, -0.2) is 86.5 Å². The van der Waals surface area contributed by atoms with E-state index in [-0.39, 0.29) is 58.8 Å². The van der Waals surface area contributed by atoms with Crippen LogP contribution in [0.2, 0.25) is 0 Å². The molecule has 0 spiro atoms. The number of aliphatic hydroxyl groups excluding tert-OH is 1. The van der Waals surface area contributed by atoms with Crippen LogP contribution in [0.25, 0.3) is 11.1 Å². The topological polar surface area (TPSA) is 121 Å². The summed E-state index contributed by atoms with van der Waals surface area (Å²) in [5.74, 6) is -0.263.